The van der Waals surface area contributed by atoms with Crippen LogP contribution >= 0.6 is 0 Å². The maximum absolute atomic E-state index is 12.5. The summed E-state index contributed by atoms with van der Waals surface area (Å²) in [5.41, 5.74) is 3.91. The highest BCUT2D eigenvalue weighted by molar-refractivity contribution is 5.74. The summed E-state index contributed by atoms with van der Waals surface area (Å²) in [4.78, 5) is 16.7. The van der Waals surface area contributed by atoms with Crippen molar-refractivity contribution in [2.45, 2.75) is 40.2 Å². The summed E-state index contributed by atoms with van der Waals surface area (Å²) in [6.07, 6.45) is 2.43. The van der Waals surface area contributed by atoms with Crippen molar-refractivity contribution >= 4 is 11.7 Å². The Morgan fingerprint density at radius 3 is 2.63 bits per heavy atom. The number of hydrogen-bond donors (Lipinski definition) is 1. The number of carbonyl (C=O) groups excluding carboxylic acids is 1. The molecule has 2 heterocycles. The van der Waals surface area contributed by atoms with E-state index in [1.807, 2.05) is 9.47 Å². The molecule has 7 nitrogen and oxygen atoms in total. The molecule has 1 fully saturated rings. The van der Waals surface area contributed by atoms with Crippen molar-refractivity contribution < 1.29 is 4.79 Å². The third kappa shape index (κ3) is 4.40. The van der Waals surface area contributed by atoms with Crippen LogP contribution in [-0.4, -0.2) is 58.4 Å². The van der Waals surface area contributed by atoms with E-state index >= 15 is 0 Å². The number of carbonyl (C=O) groups is 1. The van der Waals surface area contributed by atoms with Crippen molar-refractivity contribution in [1.82, 2.24) is 25.0 Å². The molecule has 0 saturated carbocycles. The van der Waals surface area contributed by atoms with Gasteiger partial charge in [-0.3, -0.25) is 0 Å². The molecule has 0 unspecified atom stereocenters. The van der Waals surface area contributed by atoms with Crippen molar-refractivity contribution in [2.75, 3.05) is 37.6 Å². The maximum atomic E-state index is 12.5. The van der Waals surface area contributed by atoms with Gasteiger partial charge in [0.25, 0.3) is 0 Å². The second-order valence-corrected chi connectivity index (χ2v) is 7.42. The fourth-order valence-corrected chi connectivity index (χ4v) is 3.50. The minimum Gasteiger partial charge on any atom is -0.368 e. The summed E-state index contributed by atoms with van der Waals surface area (Å²) in [6.45, 7) is 12.3. The molecule has 146 valence electrons. The van der Waals surface area contributed by atoms with E-state index in [0.717, 1.165) is 32.0 Å². The standard InChI is InChI=1S/C20H30N6O/c1-15(2)26-14-22-23-19(26)8-9-21-20(27)25-12-10-24(11-13-25)18-7-5-6-16(3)17(18)4/h5-7,14-15H,8-13H2,1-4H3,(H,21,27). The van der Waals surface area contributed by atoms with Crippen LogP contribution < -0.4 is 10.2 Å². The lowest BCUT2D eigenvalue weighted by Gasteiger charge is -2.37. The van der Waals surface area contributed by atoms with Crippen LogP contribution in [0.1, 0.15) is 36.8 Å². The Bertz CT molecular complexity index is 777. The van der Waals surface area contributed by atoms with Gasteiger partial charge < -0.3 is 19.7 Å². The van der Waals surface area contributed by atoms with Crippen molar-refractivity contribution in [2.24, 2.45) is 0 Å². The van der Waals surface area contributed by atoms with Crippen LogP contribution in [0.15, 0.2) is 24.5 Å². The molecule has 1 N–H and O–H groups in total. The van der Waals surface area contributed by atoms with Crippen LogP contribution in [0.2, 0.25) is 0 Å². The number of anilines is 1. The first kappa shape index (κ1) is 19.2. The molecule has 0 aliphatic carbocycles. The molecule has 3 rings (SSSR count). The van der Waals surface area contributed by atoms with E-state index in [1.54, 1.807) is 6.33 Å². The molecule has 1 saturated heterocycles. The Labute approximate surface area is 161 Å². The molecular formula is C20H30N6O. The monoisotopic (exact) mass is 370 g/mol. The predicted molar refractivity (Wildman–Crippen MR) is 107 cm³/mol. The van der Waals surface area contributed by atoms with Crippen LogP contribution in [-0.2, 0) is 6.42 Å². The molecule has 1 aliphatic heterocycles. The lowest BCUT2D eigenvalue weighted by Crippen LogP contribution is -2.52. The fraction of sp³-hybridized carbons (Fsp3) is 0.550. The van der Waals surface area contributed by atoms with Gasteiger partial charge >= 0.3 is 6.03 Å². The first-order chi connectivity index (χ1) is 13.0. The molecule has 27 heavy (non-hydrogen) atoms. The summed E-state index contributed by atoms with van der Waals surface area (Å²) in [7, 11) is 0. The third-order valence-electron chi connectivity index (χ3n) is 5.31. The molecule has 1 aromatic carbocycles. The number of hydrogen-bond acceptors (Lipinski definition) is 4. The largest absolute Gasteiger partial charge is 0.368 e. The Morgan fingerprint density at radius 1 is 1.19 bits per heavy atom. The van der Waals surface area contributed by atoms with Gasteiger partial charge in [-0.05, 0) is 44.9 Å². The van der Waals surface area contributed by atoms with Gasteiger partial charge in [-0.1, -0.05) is 12.1 Å². The van der Waals surface area contributed by atoms with Crippen molar-refractivity contribution in [3.05, 3.63) is 41.5 Å². The van der Waals surface area contributed by atoms with Crippen LogP contribution in [0.25, 0.3) is 0 Å². The van der Waals surface area contributed by atoms with Crippen LogP contribution in [0.3, 0.4) is 0 Å². The quantitative estimate of drug-likeness (QED) is 0.878. The SMILES string of the molecule is Cc1cccc(N2CCN(C(=O)NCCc3nncn3C(C)C)CC2)c1C. The molecular weight excluding hydrogens is 340 g/mol. The van der Waals surface area contributed by atoms with Crippen molar-refractivity contribution in [1.29, 1.82) is 0 Å². The van der Waals surface area contributed by atoms with Crippen LogP contribution in [0.4, 0.5) is 10.5 Å². The smallest absolute Gasteiger partial charge is 0.317 e. The van der Waals surface area contributed by atoms with Gasteiger partial charge in [0.05, 0.1) is 0 Å². The number of benzene rings is 1. The topological polar surface area (TPSA) is 66.3 Å². The van der Waals surface area contributed by atoms with Gasteiger partial charge in [-0.25, -0.2) is 4.79 Å². The predicted octanol–water partition coefficient (Wildman–Crippen LogP) is 2.55. The van der Waals surface area contributed by atoms with Gasteiger partial charge in [0.1, 0.15) is 12.2 Å². The Hall–Kier alpha value is -2.57. The average molecular weight is 371 g/mol. The second kappa shape index (κ2) is 8.41. The lowest BCUT2D eigenvalue weighted by atomic mass is 10.1. The Balaban J connectivity index is 1.47. The molecule has 0 bridgehead atoms. The zero-order valence-electron chi connectivity index (χ0n) is 16.8. The molecule has 0 atom stereocenters. The van der Waals surface area contributed by atoms with Gasteiger partial charge in [0.2, 0.25) is 0 Å². The van der Waals surface area contributed by atoms with Gasteiger partial charge in [0, 0.05) is 50.9 Å². The van der Waals surface area contributed by atoms with E-state index in [-0.39, 0.29) is 6.03 Å². The zero-order chi connectivity index (χ0) is 19.4. The van der Waals surface area contributed by atoms with E-state index in [4.69, 9.17) is 0 Å². The minimum absolute atomic E-state index is 0.00577. The third-order valence-corrected chi connectivity index (χ3v) is 5.31. The summed E-state index contributed by atoms with van der Waals surface area (Å²) in [5.74, 6) is 0.907. The van der Waals surface area contributed by atoms with Crippen molar-refractivity contribution in [3.8, 4) is 0 Å². The van der Waals surface area contributed by atoms with E-state index in [2.05, 4.69) is 66.3 Å². The van der Waals surface area contributed by atoms with E-state index < -0.39 is 0 Å². The number of aromatic nitrogens is 3. The summed E-state index contributed by atoms with van der Waals surface area (Å²) >= 11 is 0. The number of piperazine rings is 1. The van der Waals surface area contributed by atoms with E-state index in [1.165, 1.54) is 16.8 Å². The number of aryl methyl sites for hydroxylation is 1. The lowest BCUT2D eigenvalue weighted by molar-refractivity contribution is 0.194. The van der Waals surface area contributed by atoms with Crippen LogP contribution in [0, 0.1) is 13.8 Å². The molecule has 2 aromatic rings. The highest BCUT2D eigenvalue weighted by atomic mass is 16.2. The first-order valence-electron chi connectivity index (χ1n) is 9.69. The molecule has 7 heteroatoms. The highest BCUT2D eigenvalue weighted by Gasteiger charge is 2.22. The maximum Gasteiger partial charge on any atom is 0.317 e. The van der Waals surface area contributed by atoms with Gasteiger partial charge in [-0.2, -0.15) is 0 Å². The Morgan fingerprint density at radius 2 is 1.93 bits per heavy atom. The molecule has 1 aliphatic rings. The highest BCUT2D eigenvalue weighted by Crippen LogP contribution is 2.23. The normalized spacial score (nSPS) is 14.7. The number of rotatable bonds is 5. The van der Waals surface area contributed by atoms with Gasteiger partial charge in [0.15, 0.2) is 0 Å². The fourth-order valence-electron chi connectivity index (χ4n) is 3.50. The minimum atomic E-state index is 0.00577. The number of nitrogens with one attached hydrogen (secondary N) is 1. The second-order valence-electron chi connectivity index (χ2n) is 7.42. The van der Waals surface area contributed by atoms with Crippen LogP contribution in [0.5, 0.6) is 0 Å². The number of nitrogens with zero attached hydrogens (tertiary/aromatic N) is 5. The number of amides is 2. The summed E-state index contributed by atoms with van der Waals surface area (Å²) in [5, 5.41) is 11.1. The summed E-state index contributed by atoms with van der Waals surface area (Å²) < 4.78 is 2.04. The molecule has 2 amide bonds. The Kier molecular flexibility index (Phi) is 5.98. The van der Waals surface area contributed by atoms with Crippen molar-refractivity contribution in [3.63, 3.8) is 0 Å². The number of urea groups is 1. The molecule has 0 radical (unpaired) electrons. The average Bonchev–Trinajstić information content (AvgIpc) is 3.13. The van der Waals surface area contributed by atoms with Gasteiger partial charge in [-0.15, -0.1) is 10.2 Å². The van der Waals surface area contributed by atoms with E-state index in [0.29, 0.717) is 19.0 Å². The first-order valence-corrected chi connectivity index (χ1v) is 9.69. The van der Waals surface area contributed by atoms with E-state index in [9.17, 15) is 4.79 Å². The summed E-state index contributed by atoms with van der Waals surface area (Å²) in [6, 6.07) is 6.74. The zero-order valence-corrected chi connectivity index (χ0v) is 16.8. The molecule has 0 spiro atoms. The molecule has 1 aromatic heterocycles.